The second-order valence-electron chi connectivity index (χ2n) is 11.5. The van der Waals surface area contributed by atoms with E-state index in [1.165, 1.54) is 52.0 Å². The van der Waals surface area contributed by atoms with Crippen LogP contribution in [-0.2, 0) is 23.3 Å². The summed E-state index contributed by atoms with van der Waals surface area (Å²) in [5.74, 6) is 0. The maximum atomic E-state index is 3.68. The maximum Gasteiger partial charge on any atom is 0.0665 e. The predicted octanol–water partition coefficient (Wildman–Crippen LogP) is 3.14. The van der Waals surface area contributed by atoms with Gasteiger partial charge in [0.25, 0.3) is 0 Å². The molecule has 0 aliphatic heterocycles. The molecule has 0 bridgehead atoms. The van der Waals surface area contributed by atoms with E-state index in [-0.39, 0.29) is 30.2 Å². The fourth-order valence-electron chi connectivity index (χ4n) is 3.72. The zero-order valence-corrected chi connectivity index (χ0v) is 33.3. The van der Waals surface area contributed by atoms with Crippen LogP contribution in [0, 0.1) is 13.8 Å². The van der Waals surface area contributed by atoms with Gasteiger partial charge in [0.2, 0.25) is 0 Å². The first-order valence-electron chi connectivity index (χ1n) is 11.7. The van der Waals surface area contributed by atoms with Crippen molar-refractivity contribution < 1.29 is 48.1 Å². The molecule has 0 aliphatic carbocycles. The molecule has 0 aromatic heterocycles. The Balaban J connectivity index is 0.000000566. The molecule has 0 fully saturated rings. The Labute approximate surface area is 265 Å². The molecule has 196 valence electrons. The zero-order chi connectivity index (χ0) is 26.0. The molecule has 0 saturated carbocycles. The van der Waals surface area contributed by atoms with Crippen LogP contribution in [0.3, 0.4) is 0 Å². The quantitative estimate of drug-likeness (QED) is 0.217. The van der Waals surface area contributed by atoms with Gasteiger partial charge in [-0.15, -0.1) is 56.9 Å². The average Bonchev–Trinajstić information content (AvgIpc) is 3.22. The van der Waals surface area contributed by atoms with E-state index in [0.29, 0.717) is 0 Å². The van der Waals surface area contributed by atoms with Crippen LogP contribution in [-0.4, -0.2) is 21.6 Å². The van der Waals surface area contributed by atoms with Crippen molar-refractivity contribution in [2.45, 2.75) is 66.2 Å². The first kappa shape index (κ1) is 36.7. The van der Waals surface area contributed by atoms with Crippen LogP contribution in [0.4, 0.5) is 0 Å². The van der Waals surface area contributed by atoms with Crippen molar-refractivity contribution in [1.29, 1.82) is 0 Å². The van der Waals surface area contributed by atoms with Gasteiger partial charge in [-0.1, -0.05) is 107 Å². The van der Waals surface area contributed by atoms with Gasteiger partial charge in [0, 0.05) is 0 Å². The number of benzene rings is 2. The fraction of sp³-hybridized carbons (Fsp3) is 0.357. The molecule has 4 aromatic carbocycles. The van der Waals surface area contributed by atoms with E-state index in [4.69, 9.17) is 0 Å². The SMILES string of the molecule is C[Si](C)=[Zr+2].Cc1cc2c(Br)cc([Si](C)(C)C)cc2[cH-]1.Cc1cc2c(Br)cc([Si](C)(C)C)cc2[cH-]1.[Cl-].[Cl-]. The molecule has 0 amide bonds. The van der Waals surface area contributed by atoms with Crippen molar-refractivity contribution in [2.24, 2.45) is 0 Å². The van der Waals surface area contributed by atoms with Gasteiger partial charge in [-0.05, 0) is 8.95 Å². The first-order valence-corrected chi connectivity index (χ1v) is 26.5. The Hall–Kier alpha value is 0.734. The molecule has 0 aliphatic rings. The number of hydrogen-bond donors (Lipinski definition) is 0. The summed E-state index contributed by atoms with van der Waals surface area (Å²) >= 11 is 9.09. The number of fused-ring (bicyclic) bond motifs is 2. The van der Waals surface area contributed by atoms with Crippen molar-refractivity contribution >= 4 is 85.4 Å². The minimum Gasteiger partial charge on any atom is -1.00 e. The van der Waals surface area contributed by atoms with Gasteiger partial charge >= 0.3 is 41.9 Å². The van der Waals surface area contributed by atoms with Crippen LogP contribution in [0.1, 0.15) is 11.1 Å². The summed E-state index contributed by atoms with van der Waals surface area (Å²) in [5, 5.41) is 8.47. The van der Waals surface area contributed by atoms with E-state index in [9.17, 15) is 0 Å². The van der Waals surface area contributed by atoms with Crippen LogP contribution >= 0.6 is 31.9 Å². The van der Waals surface area contributed by atoms with Crippen molar-refractivity contribution in [3.63, 3.8) is 0 Å². The molecule has 8 heteroatoms. The topological polar surface area (TPSA) is 0 Å². The van der Waals surface area contributed by atoms with Crippen LogP contribution in [0.5, 0.6) is 0 Å². The van der Waals surface area contributed by atoms with Crippen molar-refractivity contribution in [3.05, 3.63) is 68.6 Å². The monoisotopic (exact) mass is 776 g/mol. The van der Waals surface area contributed by atoms with Gasteiger partial charge in [0.15, 0.2) is 0 Å². The van der Waals surface area contributed by atoms with E-state index in [1.54, 1.807) is 23.3 Å². The summed E-state index contributed by atoms with van der Waals surface area (Å²) in [5.41, 5.74) is 2.90. The molecular weight excluding hydrogens is 743 g/mol. The minimum atomic E-state index is -1.20. The van der Waals surface area contributed by atoms with Gasteiger partial charge in [0.1, 0.15) is 0 Å². The Morgan fingerprint density at radius 3 is 1.17 bits per heavy atom. The van der Waals surface area contributed by atoms with E-state index in [1.807, 2.05) is 0 Å². The second-order valence-corrected chi connectivity index (χ2v) is 32.7. The van der Waals surface area contributed by atoms with E-state index < -0.39 is 16.1 Å². The summed E-state index contributed by atoms with van der Waals surface area (Å²) in [6.07, 6.45) is 0. The number of hydrogen-bond acceptors (Lipinski definition) is 0. The molecule has 0 atom stereocenters. The van der Waals surface area contributed by atoms with Gasteiger partial charge in [0.05, 0.1) is 16.1 Å². The minimum absolute atomic E-state index is 0. The third-order valence-electron chi connectivity index (χ3n) is 5.57. The molecule has 0 radical (unpaired) electrons. The van der Waals surface area contributed by atoms with E-state index >= 15 is 0 Å². The van der Waals surface area contributed by atoms with Crippen LogP contribution in [0.2, 0.25) is 52.4 Å². The Kier molecular flexibility index (Phi) is 15.2. The predicted molar refractivity (Wildman–Crippen MR) is 167 cm³/mol. The number of rotatable bonds is 2. The summed E-state index contributed by atoms with van der Waals surface area (Å²) in [4.78, 5) is 0. The molecule has 0 saturated heterocycles. The molecule has 4 aromatic rings. The largest absolute Gasteiger partial charge is 1.00 e. The van der Waals surface area contributed by atoms with E-state index in [2.05, 4.69) is 147 Å². The molecule has 0 unspecified atom stereocenters. The normalized spacial score (nSPS) is 11.1. The van der Waals surface area contributed by atoms with Gasteiger partial charge in [-0.25, -0.2) is 0 Å². The fourth-order valence-corrected chi connectivity index (χ4v) is 7.65. The van der Waals surface area contributed by atoms with E-state index in [0.717, 1.165) is 0 Å². The second kappa shape index (κ2) is 14.9. The molecular formula is C28H38Br2Cl2Si3Zr-2. The molecule has 0 spiro atoms. The van der Waals surface area contributed by atoms with Crippen molar-refractivity contribution in [1.82, 2.24) is 0 Å². The van der Waals surface area contributed by atoms with Gasteiger partial charge in [-0.3, -0.25) is 0 Å². The Bertz CT molecular complexity index is 1210. The molecule has 0 nitrogen and oxygen atoms in total. The zero-order valence-electron chi connectivity index (χ0n) is 23.1. The van der Waals surface area contributed by atoms with Crippen LogP contribution < -0.4 is 35.2 Å². The molecule has 36 heavy (non-hydrogen) atoms. The Morgan fingerprint density at radius 2 is 0.917 bits per heavy atom. The summed E-state index contributed by atoms with van der Waals surface area (Å²) in [7, 11) is -2.41. The third-order valence-corrected chi connectivity index (χ3v) is 10.9. The summed E-state index contributed by atoms with van der Waals surface area (Å²) < 4.78 is 2.48. The van der Waals surface area contributed by atoms with Crippen LogP contribution in [0.25, 0.3) is 21.5 Å². The van der Waals surface area contributed by atoms with Crippen molar-refractivity contribution in [2.75, 3.05) is 0 Å². The Morgan fingerprint density at radius 1 is 0.639 bits per heavy atom. The molecule has 4 rings (SSSR count). The molecule has 0 heterocycles. The summed E-state index contributed by atoms with van der Waals surface area (Å²) in [6, 6.07) is 18.3. The smallest absolute Gasteiger partial charge is 0.0665 e. The van der Waals surface area contributed by atoms with Crippen molar-refractivity contribution in [3.8, 4) is 0 Å². The van der Waals surface area contributed by atoms with Crippen LogP contribution in [0.15, 0.2) is 57.5 Å². The standard InChI is InChI=1S/2C13H16BrSi.C2H6Si.2ClH.Zr/c2*1-9-5-10-7-11(15(2,3)4)8-13(14)12(10)6-9;1-3-2;;;/h2*5-8H,1-4H3;1-2H3;2*1H;/q2*-1;;;;+2/p-2. The first-order chi connectivity index (χ1) is 15.5. The number of halogens is 4. The summed E-state index contributed by atoms with van der Waals surface area (Å²) in [6.45, 7) is 23.2. The van der Waals surface area contributed by atoms with Gasteiger partial charge in [-0.2, -0.15) is 12.1 Å². The average molecular weight is 781 g/mol. The van der Waals surface area contributed by atoms with Gasteiger partial charge < -0.3 is 24.8 Å². The maximum absolute atomic E-state index is 3.68. The number of aryl methyl sites for hydroxylation is 2. The molecule has 0 N–H and O–H groups in total. The third kappa shape index (κ3) is 10.7.